The predicted molar refractivity (Wildman–Crippen MR) is 94.9 cm³/mol. The molecule has 2 fully saturated rings. The van der Waals surface area contributed by atoms with E-state index in [4.69, 9.17) is 0 Å². The number of nitrogens with zero attached hydrogens (tertiary/aromatic N) is 2. The summed E-state index contributed by atoms with van der Waals surface area (Å²) in [5.41, 5.74) is -0.295. The number of aromatic nitrogens is 2. The molecular weight excluding hydrogens is 322 g/mol. The lowest BCUT2D eigenvalue weighted by Crippen LogP contribution is -2.40. The van der Waals surface area contributed by atoms with E-state index >= 15 is 0 Å². The van der Waals surface area contributed by atoms with Crippen LogP contribution >= 0.6 is 0 Å². The average molecular weight is 349 g/mol. The van der Waals surface area contributed by atoms with Gasteiger partial charge in [-0.2, -0.15) is 0 Å². The fraction of sp³-hybridized carbons (Fsp3) is 0.706. The molecule has 0 spiro atoms. The van der Waals surface area contributed by atoms with Crippen molar-refractivity contribution in [1.29, 1.82) is 0 Å². The number of amides is 2. The van der Waals surface area contributed by atoms with E-state index in [1.165, 1.54) is 38.4 Å². The molecule has 0 aliphatic carbocycles. The lowest BCUT2D eigenvalue weighted by Gasteiger charge is -2.26. The zero-order valence-electron chi connectivity index (χ0n) is 14.6. The Morgan fingerprint density at radius 2 is 1.96 bits per heavy atom. The van der Waals surface area contributed by atoms with Crippen molar-refractivity contribution in [2.45, 2.75) is 38.0 Å². The Kier molecular flexibility index (Phi) is 5.91. The first-order valence-electron chi connectivity index (χ1n) is 9.20. The number of nitrogens with one attached hydrogen (secondary N) is 3. The highest BCUT2D eigenvalue weighted by Gasteiger charge is 2.28. The number of hydrogen-bond donors (Lipinski definition) is 3. The molecule has 0 aromatic carbocycles. The van der Waals surface area contributed by atoms with E-state index < -0.39 is 11.2 Å². The number of urea groups is 1. The molecule has 1 atom stereocenters. The molecule has 1 aromatic heterocycles. The molecule has 3 rings (SSSR count). The minimum Gasteiger partial charge on any atom is -0.338 e. The first-order valence-corrected chi connectivity index (χ1v) is 9.20. The van der Waals surface area contributed by atoms with Crippen LogP contribution in [0.1, 0.15) is 43.7 Å². The van der Waals surface area contributed by atoms with E-state index in [0.29, 0.717) is 25.3 Å². The maximum Gasteiger partial charge on any atom is 0.325 e. The van der Waals surface area contributed by atoms with Gasteiger partial charge in [0.15, 0.2) is 0 Å². The first kappa shape index (κ1) is 17.7. The second-order valence-corrected chi connectivity index (χ2v) is 6.96. The van der Waals surface area contributed by atoms with Crippen molar-refractivity contribution in [3.63, 3.8) is 0 Å². The molecule has 3 N–H and O–H groups in total. The van der Waals surface area contributed by atoms with Crippen LogP contribution in [0.25, 0.3) is 0 Å². The highest BCUT2D eigenvalue weighted by molar-refractivity contribution is 5.74. The molecule has 2 aliphatic heterocycles. The number of piperidine rings is 1. The van der Waals surface area contributed by atoms with Crippen LogP contribution in [0, 0.1) is 0 Å². The lowest BCUT2D eigenvalue weighted by atomic mass is 10.1. The summed E-state index contributed by atoms with van der Waals surface area (Å²) < 4.78 is 0. The Morgan fingerprint density at radius 3 is 2.72 bits per heavy atom. The standard InChI is InChI=1S/C17H27N5O3/c23-15-11-14(19-16(24)20-15)13-5-10-22(12-13)17(25)18-6-4-9-21-7-2-1-3-8-21/h11,13H,1-10,12H2,(H,18,25)(H2,19,20,23,24). The van der Waals surface area contributed by atoms with Gasteiger partial charge in [-0.15, -0.1) is 0 Å². The topological polar surface area (TPSA) is 101 Å². The SMILES string of the molecule is O=C(NCCCN1CCCCC1)N1CCC(c2cc(=O)[nH]c(=O)[nH]2)C1. The minimum atomic E-state index is -0.497. The summed E-state index contributed by atoms with van der Waals surface area (Å²) in [4.78, 5) is 44.1. The van der Waals surface area contributed by atoms with Crippen LogP contribution in [0.3, 0.4) is 0 Å². The minimum absolute atomic E-state index is 0.00843. The zero-order chi connectivity index (χ0) is 17.6. The molecular formula is C17H27N5O3. The number of aromatic amines is 2. The van der Waals surface area contributed by atoms with Crippen LogP contribution in [0.2, 0.25) is 0 Å². The highest BCUT2D eigenvalue weighted by Crippen LogP contribution is 2.24. The molecule has 0 radical (unpaired) electrons. The van der Waals surface area contributed by atoms with Crippen molar-refractivity contribution in [3.05, 3.63) is 32.6 Å². The van der Waals surface area contributed by atoms with E-state index in [-0.39, 0.29) is 11.9 Å². The van der Waals surface area contributed by atoms with E-state index in [0.717, 1.165) is 19.4 Å². The van der Waals surface area contributed by atoms with Gasteiger partial charge in [0.2, 0.25) is 0 Å². The summed E-state index contributed by atoms with van der Waals surface area (Å²) in [5.74, 6) is 0.00843. The summed E-state index contributed by atoms with van der Waals surface area (Å²) in [5, 5.41) is 2.98. The van der Waals surface area contributed by atoms with Crippen molar-refractivity contribution >= 4 is 6.03 Å². The largest absolute Gasteiger partial charge is 0.338 e. The van der Waals surface area contributed by atoms with Gasteiger partial charge >= 0.3 is 11.7 Å². The summed E-state index contributed by atoms with van der Waals surface area (Å²) in [6.45, 7) is 5.23. The van der Waals surface area contributed by atoms with Crippen molar-refractivity contribution in [2.24, 2.45) is 0 Å². The number of carbonyl (C=O) groups excluding carboxylic acids is 1. The molecule has 2 amide bonds. The van der Waals surface area contributed by atoms with Crippen LogP contribution in [-0.4, -0.2) is 65.1 Å². The van der Waals surface area contributed by atoms with E-state index in [1.807, 2.05) is 0 Å². The highest BCUT2D eigenvalue weighted by atomic mass is 16.2. The van der Waals surface area contributed by atoms with E-state index in [9.17, 15) is 14.4 Å². The van der Waals surface area contributed by atoms with Gasteiger partial charge in [0.1, 0.15) is 0 Å². The predicted octanol–water partition coefficient (Wildman–Crippen LogP) is 0.438. The Hall–Kier alpha value is -2.09. The third-order valence-electron chi connectivity index (χ3n) is 5.07. The maximum atomic E-state index is 12.3. The Morgan fingerprint density at radius 1 is 1.16 bits per heavy atom. The Balaban J connectivity index is 1.41. The van der Waals surface area contributed by atoms with Gasteiger partial charge in [0.25, 0.3) is 5.56 Å². The maximum absolute atomic E-state index is 12.3. The molecule has 3 heterocycles. The average Bonchev–Trinajstić information content (AvgIpc) is 3.09. The molecule has 25 heavy (non-hydrogen) atoms. The van der Waals surface area contributed by atoms with Gasteiger partial charge in [-0.3, -0.25) is 9.78 Å². The van der Waals surface area contributed by atoms with Crippen LogP contribution in [0.5, 0.6) is 0 Å². The van der Waals surface area contributed by atoms with Crippen molar-refractivity contribution in [3.8, 4) is 0 Å². The Labute approximate surface area is 146 Å². The number of likely N-dealkylation sites (tertiary alicyclic amines) is 2. The summed E-state index contributed by atoms with van der Waals surface area (Å²) in [7, 11) is 0. The molecule has 2 saturated heterocycles. The van der Waals surface area contributed by atoms with Crippen LogP contribution in [0.4, 0.5) is 4.79 Å². The normalized spacial score (nSPS) is 21.4. The number of H-pyrrole nitrogens is 2. The fourth-order valence-corrected chi connectivity index (χ4v) is 3.70. The quantitative estimate of drug-likeness (QED) is 0.671. The molecule has 0 saturated carbocycles. The summed E-state index contributed by atoms with van der Waals surface area (Å²) in [6, 6.07) is 1.35. The van der Waals surface area contributed by atoms with E-state index in [2.05, 4.69) is 20.2 Å². The van der Waals surface area contributed by atoms with Gasteiger partial charge in [-0.1, -0.05) is 6.42 Å². The first-order chi connectivity index (χ1) is 12.1. The van der Waals surface area contributed by atoms with Gasteiger partial charge in [-0.25, -0.2) is 9.59 Å². The molecule has 2 aliphatic rings. The van der Waals surface area contributed by atoms with Crippen LogP contribution in [0.15, 0.2) is 15.7 Å². The van der Waals surface area contributed by atoms with Crippen LogP contribution < -0.4 is 16.6 Å². The van der Waals surface area contributed by atoms with Crippen molar-refractivity contribution < 1.29 is 4.79 Å². The van der Waals surface area contributed by atoms with Crippen molar-refractivity contribution in [2.75, 3.05) is 39.3 Å². The van der Waals surface area contributed by atoms with Gasteiger partial charge in [-0.05, 0) is 45.3 Å². The summed E-state index contributed by atoms with van der Waals surface area (Å²) in [6.07, 6.45) is 5.62. The van der Waals surface area contributed by atoms with Gasteiger partial charge < -0.3 is 20.1 Å². The second kappa shape index (κ2) is 8.33. The van der Waals surface area contributed by atoms with Gasteiger partial charge in [0, 0.05) is 37.3 Å². The third kappa shape index (κ3) is 4.94. The zero-order valence-corrected chi connectivity index (χ0v) is 14.6. The Bertz CT molecular complexity index is 664. The molecule has 8 nitrogen and oxygen atoms in total. The molecule has 138 valence electrons. The van der Waals surface area contributed by atoms with Crippen molar-refractivity contribution in [1.82, 2.24) is 25.1 Å². The fourth-order valence-electron chi connectivity index (χ4n) is 3.70. The lowest BCUT2D eigenvalue weighted by molar-refractivity contribution is 0.204. The summed E-state index contributed by atoms with van der Waals surface area (Å²) >= 11 is 0. The number of rotatable bonds is 5. The third-order valence-corrected chi connectivity index (χ3v) is 5.07. The molecule has 0 bridgehead atoms. The molecule has 1 unspecified atom stereocenters. The second-order valence-electron chi connectivity index (χ2n) is 6.96. The smallest absolute Gasteiger partial charge is 0.325 e. The molecule has 8 heteroatoms. The van der Waals surface area contributed by atoms with Gasteiger partial charge in [0.05, 0.1) is 0 Å². The monoisotopic (exact) mass is 349 g/mol. The van der Waals surface area contributed by atoms with Crippen LogP contribution in [-0.2, 0) is 0 Å². The number of carbonyl (C=O) groups is 1. The molecule has 1 aromatic rings. The number of hydrogen-bond acceptors (Lipinski definition) is 4. The van der Waals surface area contributed by atoms with E-state index in [1.54, 1.807) is 4.90 Å².